The molecule has 0 spiro atoms. The van der Waals surface area contributed by atoms with Crippen LogP contribution >= 0.6 is 22.6 Å². The molecule has 21 heavy (non-hydrogen) atoms. The molecule has 3 N–H and O–H groups in total. The second kappa shape index (κ2) is 7.00. The van der Waals surface area contributed by atoms with Crippen LogP contribution in [0.5, 0.6) is 0 Å². The number of nitrogens with one attached hydrogen (secondary N) is 1. The molecule has 0 saturated carbocycles. The van der Waals surface area contributed by atoms with Gasteiger partial charge >= 0.3 is 0 Å². The molecule has 1 amide bonds. The Morgan fingerprint density at radius 3 is 2.67 bits per heavy atom. The minimum absolute atomic E-state index is 0.136. The Labute approximate surface area is 136 Å². The van der Waals surface area contributed by atoms with E-state index in [0.29, 0.717) is 12.1 Å². The molecular formula is C16H16FIN2O. The summed E-state index contributed by atoms with van der Waals surface area (Å²) >= 11 is 2.08. The molecule has 0 unspecified atom stereocenters. The monoisotopic (exact) mass is 398 g/mol. The van der Waals surface area contributed by atoms with Crippen LogP contribution in [0.25, 0.3) is 0 Å². The Morgan fingerprint density at radius 1 is 1.33 bits per heavy atom. The highest BCUT2D eigenvalue weighted by Crippen LogP contribution is 2.28. The summed E-state index contributed by atoms with van der Waals surface area (Å²) < 4.78 is 14.5. The average molecular weight is 398 g/mol. The highest BCUT2D eigenvalue weighted by molar-refractivity contribution is 14.1. The third-order valence-corrected chi connectivity index (χ3v) is 3.92. The number of hydrogen-bond donors (Lipinski definition) is 2. The first kappa shape index (κ1) is 15.9. The predicted octanol–water partition coefficient (Wildman–Crippen LogP) is 2.88. The fraction of sp³-hybridized carbons (Fsp3) is 0.188. The van der Waals surface area contributed by atoms with Crippen molar-refractivity contribution < 1.29 is 9.18 Å². The average Bonchev–Trinajstić information content (AvgIpc) is 2.43. The largest absolute Gasteiger partial charge is 0.366 e. The number of rotatable bonds is 5. The third-order valence-electron chi connectivity index (χ3n) is 3.30. The second-order valence-corrected chi connectivity index (χ2v) is 6.01. The van der Waals surface area contributed by atoms with Crippen molar-refractivity contribution in [3.63, 3.8) is 0 Å². The molecule has 3 nitrogen and oxygen atoms in total. The molecule has 0 heterocycles. The number of nitrogens with two attached hydrogens (primary N) is 1. The van der Waals surface area contributed by atoms with Crippen LogP contribution in [0.3, 0.4) is 0 Å². The molecule has 0 bridgehead atoms. The molecule has 2 rings (SSSR count). The van der Waals surface area contributed by atoms with Crippen LogP contribution in [0.1, 0.15) is 27.4 Å². The highest BCUT2D eigenvalue weighted by Gasteiger charge is 2.20. The molecule has 0 aliphatic heterocycles. The number of carbonyl (C=O) groups excluding carboxylic acids is 1. The maximum Gasteiger partial charge on any atom is 0.248 e. The van der Waals surface area contributed by atoms with E-state index in [0.717, 1.165) is 14.7 Å². The number of halogens is 2. The van der Waals surface area contributed by atoms with Crippen molar-refractivity contribution >= 4 is 28.5 Å². The van der Waals surface area contributed by atoms with Gasteiger partial charge in [0.05, 0.1) is 0 Å². The van der Waals surface area contributed by atoms with E-state index < -0.39 is 5.91 Å². The lowest BCUT2D eigenvalue weighted by Crippen LogP contribution is -2.22. The van der Waals surface area contributed by atoms with Crippen LogP contribution in [0.4, 0.5) is 4.39 Å². The van der Waals surface area contributed by atoms with E-state index in [1.54, 1.807) is 12.1 Å². The van der Waals surface area contributed by atoms with Crippen molar-refractivity contribution in [1.29, 1.82) is 0 Å². The smallest absolute Gasteiger partial charge is 0.248 e. The summed E-state index contributed by atoms with van der Waals surface area (Å²) in [5.41, 5.74) is 7.55. The van der Waals surface area contributed by atoms with E-state index in [2.05, 4.69) is 27.9 Å². The van der Waals surface area contributed by atoms with Crippen molar-refractivity contribution in [2.75, 3.05) is 13.6 Å². The number of likely N-dealkylation sites (N-methyl/N-ethyl adjacent to an activating group) is 1. The van der Waals surface area contributed by atoms with E-state index in [1.165, 1.54) is 12.1 Å². The van der Waals surface area contributed by atoms with Crippen LogP contribution in [0, 0.1) is 9.39 Å². The molecular weight excluding hydrogens is 382 g/mol. The van der Waals surface area contributed by atoms with Gasteiger partial charge in [-0.2, -0.15) is 0 Å². The zero-order chi connectivity index (χ0) is 15.4. The zero-order valence-electron chi connectivity index (χ0n) is 11.6. The number of benzene rings is 2. The van der Waals surface area contributed by atoms with Crippen LogP contribution in [0.2, 0.25) is 0 Å². The Hall–Kier alpha value is -1.47. The van der Waals surface area contributed by atoms with Gasteiger partial charge in [0.25, 0.3) is 0 Å². The van der Waals surface area contributed by atoms with Crippen molar-refractivity contribution in [1.82, 2.24) is 5.32 Å². The molecule has 110 valence electrons. The summed E-state index contributed by atoms with van der Waals surface area (Å²) in [4.78, 5) is 11.6. The van der Waals surface area contributed by atoms with Crippen LogP contribution < -0.4 is 11.1 Å². The molecule has 0 radical (unpaired) electrons. The first-order valence-corrected chi connectivity index (χ1v) is 7.60. The minimum Gasteiger partial charge on any atom is -0.366 e. The fourth-order valence-electron chi connectivity index (χ4n) is 2.41. The molecule has 2 aromatic rings. The van der Waals surface area contributed by atoms with Gasteiger partial charge < -0.3 is 11.1 Å². The van der Waals surface area contributed by atoms with E-state index in [9.17, 15) is 9.18 Å². The van der Waals surface area contributed by atoms with E-state index in [4.69, 9.17) is 5.73 Å². The van der Waals surface area contributed by atoms with E-state index >= 15 is 0 Å². The molecule has 0 aliphatic carbocycles. The summed E-state index contributed by atoms with van der Waals surface area (Å²) in [6.45, 7) is 0.587. The van der Waals surface area contributed by atoms with Crippen molar-refractivity contribution in [2.24, 2.45) is 5.73 Å². The molecule has 0 fully saturated rings. The maximum atomic E-state index is 13.7. The van der Waals surface area contributed by atoms with Gasteiger partial charge in [0, 0.05) is 21.6 Å². The summed E-state index contributed by atoms with van der Waals surface area (Å²) in [5.74, 6) is -0.893. The van der Waals surface area contributed by atoms with Gasteiger partial charge in [0.15, 0.2) is 0 Å². The SMILES string of the molecule is CNC[C@@H](c1cc(F)cc(I)c1)c1ccccc1C(N)=O. The lowest BCUT2D eigenvalue weighted by molar-refractivity contribution is 0.0999. The Balaban J connectivity index is 2.56. The molecule has 0 saturated heterocycles. The standard InChI is InChI=1S/C16H16FIN2O/c1-20-9-15(10-6-11(17)8-12(18)7-10)13-4-2-3-5-14(13)16(19)21/h2-8,15,20H,9H2,1H3,(H2,19,21)/t15-/m0/s1. The van der Waals surface area contributed by atoms with E-state index in [-0.39, 0.29) is 11.7 Å². The van der Waals surface area contributed by atoms with Gasteiger partial charge in [-0.3, -0.25) is 4.79 Å². The topological polar surface area (TPSA) is 55.1 Å². The van der Waals surface area contributed by atoms with Crippen LogP contribution in [0.15, 0.2) is 42.5 Å². The lowest BCUT2D eigenvalue weighted by atomic mass is 9.87. The minimum atomic E-state index is -0.474. The number of carbonyl (C=O) groups is 1. The Bertz CT molecular complexity index is 640. The van der Waals surface area contributed by atoms with Gasteiger partial charge in [0.2, 0.25) is 5.91 Å². The van der Waals surface area contributed by atoms with E-state index in [1.807, 2.05) is 25.2 Å². The Kier molecular flexibility index (Phi) is 5.30. The summed E-state index contributed by atoms with van der Waals surface area (Å²) in [7, 11) is 1.82. The van der Waals surface area contributed by atoms with Crippen LogP contribution in [-0.2, 0) is 0 Å². The van der Waals surface area contributed by atoms with Gasteiger partial charge in [0.1, 0.15) is 5.82 Å². The molecule has 0 aliphatic rings. The number of primary amides is 1. The second-order valence-electron chi connectivity index (χ2n) is 4.76. The van der Waals surface area contributed by atoms with Crippen molar-refractivity contribution in [3.05, 3.63) is 68.5 Å². The zero-order valence-corrected chi connectivity index (χ0v) is 13.7. The normalized spacial score (nSPS) is 12.1. The first-order chi connectivity index (χ1) is 10.0. The van der Waals surface area contributed by atoms with Gasteiger partial charge in [-0.05, 0) is 65.0 Å². The molecule has 2 aromatic carbocycles. The third kappa shape index (κ3) is 3.79. The fourth-order valence-corrected chi connectivity index (χ4v) is 3.07. The maximum absolute atomic E-state index is 13.7. The molecule has 1 atom stereocenters. The van der Waals surface area contributed by atoms with Gasteiger partial charge in [-0.1, -0.05) is 18.2 Å². The van der Waals surface area contributed by atoms with Crippen molar-refractivity contribution in [2.45, 2.75) is 5.92 Å². The predicted molar refractivity (Wildman–Crippen MR) is 89.8 cm³/mol. The van der Waals surface area contributed by atoms with Gasteiger partial charge in [-0.25, -0.2) is 4.39 Å². The number of hydrogen-bond acceptors (Lipinski definition) is 2. The molecule has 5 heteroatoms. The quantitative estimate of drug-likeness (QED) is 0.762. The Morgan fingerprint density at radius 2 is 2.05 bits per heavy atom. The lowest BCUT2D eigenvalue weighted by Gasteiger charge is -2.20. The first-order valence-electron chi connectivity index (χ1n) is 6.52. The summed E-state index contributed by atoms with van der Waals surface area (Å²) in [6.07, 6.45) is 0. The van der Waals surface area contributed by atoms with Crippen LogP contribution in [-0.4, -0.2) is 19.5 Å². The number of amides is 1. The summed E-state index contributed by atoms with van der Waals surface area (Å²) in [6, 6.07) is 12.1. The van der Waals surface area contributed by atoms with Crippen molar-refractivity contribution in [3.8, 4) is 0 Å². The highest BCUT2D eigenvalue weighted by atomic mass is 127. The summed E-state index contributed by atoms with van der Waals surface area (Å²) in [5, 5.41) is 3.09. The molecule has 0 aromatic heterocycles. The van der Waals surface area contributed by atoms with Gasteiger partial charge in [-0.15, -0.1) is 0 Å².